The summed E-state index contributed by atoms with van der Waals surface area (Å²) in [7, 11) is 0. The van der Waals surface area contributed by atoms with Gasteiger partial charge in [0.15, 0.2) is 11.4 Å². The molecule has 0 aliphatic rings. The van der Waals surface area contributed by atoms with Crippen LogP contribution < -0.4 is 0 Å². The number of carbonyl (C=O) groups is 1. The molecule has 0 fully saturated rings. The fourth-order valence-electron chi connectivity index (χ4n) is 1.42. The summed E-state index contributed by atoms with van der Waals surface area (Å²) in [6.45, 7) is 0. The highest BCUT2D eigenvalue weighted by atomic mass is 127. The van der Waals surface area contributed by atoms with E-state index in [0.717, 1.165) is 4.40 Å². The maximum atomic E-state index is 12.6. The first kappa shape index (κ1) is 12.1. The second-order valence-electron chi connectivity index (χ2n) is 3.19. The largest absolute Gasteiger partial charge is 0.476 e. The summed E-state index contributed by atoms with van der Waals surface area (Å²) in [5.74, 6) is -1.66. The Bertz CT molecular complexity index is 606. The number of nitrogens with zero attached hydrogens (tertiary/aromatic N) is 2. The minimum absolute atomic E-state index is 0.0462. The minimum Gasteiger partial charge on any atom is -0.476 e. The van der Waals surface area contributed by atoms with Gasteiger partial charge in [-0.1, -0.05) is 0 Å². The molecule has 0 unspecified atom stereocenters. The van der Waals surface area contributed by atoms with Gasteiger partial charge in [-0.3, -0.25) is 4.40 Å². The second kappa shape index (κ2) is 3.86. The van der Waals surface area contributed by atoms with Crippen molar-refractivity contribution in [2.24, 2.45) is 0 Å². The van der Waals surface area contributed by atoms with Crippen molar-refractivity contribution in [3.05, 3.63) is 33.3 Å². The first-order valence-corrected chi connectivity index (χ1v) is 5.36. The van der Waals surface area contributed by atoms with Crippen LogP contribution in [0, 0.1) is 3.57 Å². The lowest BCUT2D eigenvalue weighted by atomic mass is 10.3. The zero-order valence-electron chi connectivity index (χ0n) is 7.99. The quantitative estimate of drug-likeness (QED) is 0.800. The molecule has 4 nitrogen and oxygen atoms in total. The lowest BCUT2D eigenvalue weighted by molar-refractivity contribution is -0.141. The second-order valence-corrected chi connectivity index (χ2v) is 4.43. The summed E-state index contributed by atoms with van der Waals surface area (Å²) >= 11 is 1.88. The van der Waals surface area contributed by atoms with Crippen LogP contribution in [-0.2, 0) is 6.18 Å². The molecular weight excluding hydrogens is 352 g/mol. The average molecular weight is 356 g/mol. The molecule has 0 amide bonds. The Labute approximate surface area is 106 Å². The van der Waals surface area contributed by atoms with Crippen LogP contribution in [0.15, 0.2) is 18.3 Å². The highest BCUT2D eigenvalue weighted by Crippen LogP contribution is 2.32. The van der Waals surface area contributed by atoms with Crippen LogP contribution >= 0.6 is 22.6 Å². The number of fused-ring (bicyclic) bond motifs is 1. The molecule has 0 aromatic carbocycles. The van der Waals surface area contributed by atoms with E-state index in [0.29, 0.717) is 3.57 Å². The van der Waals surface area contributed by atoms with E-state index in [2.05, 4.69) is 4.98 Å². The summed E-state index contributed by atoms with van der Waals surface area (Å²) in [5, 5.41) is 8.84. The Hall–Kier alpha value is -1.32. The van der Waals surface area contributed by atoms with E-state index in [1.54, 1.807) is 6.07 Å². The lowest BCUT2D eigenvalue weighted by Gasteiger charge is -2.03. The predicted molar refractivity (Wildman–Crippen MR) is 59.9 cm³/mol. The number of aromatic nitrogens is 2. The van der Waals surface area contributed by atoms with Gasteiger partial charge in [0.2, 0.25) is 0 Å². The Kier molecular flexibility index (Phi) is 2.76. The van der Waals surface area contributed by atoms with Gasteiger partial charge in [0, 0.05) is 9.77 Å². The van der Waals surface area contributed by atoms with Crippen LogP contribution in [0.3, 0.4) is 0 Å². The van der Waals surface area contributed by atoms with Gasteiger partial charge < -0.3 is 5.11 Å². The zero-order valence-corrected chi connectivity index (χ0v) is 10.2. The number of carboxylic acid groups (broad SMARTS) is 1. The molecule has 0 atom stereocenters. The first-order valence-electron chi connectivity index (χ1n) is 4.29. The van der Waals surface area contributed by atoms with Gasteiger partial charge in [-0.2, -0.15) is 13.2 Å². The highest BCUT2D eigenvalue weighted by Gasteiger charge is 2.40. The minimum atomic E-state index is -4.79. The molecule has 0 saturated carbocycles. The van der Waals surface area contributed by atoms with Crippen molar-refractivity contribution in [3.63, 3.8) is 0 Å². The van der Waals surface area contributed by atoms with Crippen molar-refractivity contribution in [2.75, 3.05) is 0 Å². The fourth-order valence-corrected chi connectivity index (χ4v) is 1.88. The molecule has 2 aromatic rings. The molecule has 90 valence electrons. The van der Waals surface area contributed by atoms with Gasteiger partial charge in [0.05, 0.1) is 0 Å². The molecule has 8 heteroatoms. The molecule has 0 bridgehead atoms. The highest BCUT2D eigenvalue weighted by molar-refractivity contribution is 14.1. The van der Waals surface area contributed by atoms with Crippen molar-refractivity contribution in [1.82, 2.24) is 9.38 Å². The molecule has 0 aliphatic heterocycles. The van der Waals surface area contributed by atoms with Gasteiger partial charge in [0.25, 0.3) is 0 Å². The fraction of sp³-hybridized carbons (Fsp3) is 0.111. The number of hydrogen-bond acceptors (Lipinski definition) is 2. The lowest BCUT2D eigenvalue weighted by Crippen LogP contribution is -2.13. The molecule has 0 spiro atoms. The molecule has 2 aromatic heterocycles. The topological polar surface area (TPSA) is 54.6 Å². The van der Waals surface area contributed by atoms with Crippen molar-refractivity contribution >= 4 is 34.2 Å². The predicted octanol–water partition coefficient (Wildman–Crippen LogP) is 2.66. The van der Waals surface area contributed by atoms with Crippen LogP contribution in [0.1, 0.15) is 16.2 Å². The van der Waals surface area contributed by atoms with E-state index in [1.165, 1.54) is 12.3 Å². The molecule has 0 saturated heterocycles. The van der Waals surface area contributed by atoms with Crippen LogP contribution in [0.25, 0.3) is 5.65 Å². The number of halogens is 4. The third kappa shape index (κ3) is 2.08. The normalized spacial score (nSPS) is 12.0. The molecular formula is C9H4F3IN2O2. The number of carboxylic acids is 1. The number of pyridine rings is 1. The van der Waals surface area contributed by atoms with Gasteiger partial charge in [-0.25, -0.2) is 9.78 Å². The zero-order chi connectivity index (χ0) is 12.8. The monoisotopic (exact) mass is 356 g/mol. The summed E-state index contributed by atoms with van der Waals surface area (Å²) < 4.78 is 39.4. The first-order chi connectivity index (χ1) is 7.80. The van der Waals surface area contributed by atoms with E-state index >= 15 is 0 Å². The molecule has 2 rings (SSSR count). The molecule has 0 radical (unpaired) electrons. The smallest absolute Gasteiger partial charge is 0.435 e. The van der Waals surface area contributed by atoms with Crippen molar-refractivity contribution in [3.8, 4) is 0 Å². The van der Waals surface area contributed by atoms with Gasteiger partial charge in [-0.15, -0.1) is 0 Å². The van der Waals surface area contributed by atoms with E-state index in [4.69, 9.17) is 5.11 Å². The Morgan fingerprint density at radius 3 is 2.59 bits per heavy atom. The van der Waals surface area contributed by atoms with Crippen molar-refractivity contribution < 1.29 is 23.1 Å². The van der Waals surface area contributed by atoms with Gasteiger partial charge in [-0.05, 0) is 34.7 Å². The van der Waals surface area contributed by atoms with Crippen LogP contribution in [0.5, 0.6) is 0 Å². The van der Waals surface area contributed by atoms with E-state index in [-0.39, 0.29) is 5.65 Å². The van der Waals surface area contributed by atoms with Gasteiger partial charge >= 0.3 is 12.1 Å². The van der Waals surface area contributed by atoms with Crippen LogP contribution in [0.2, 0.25) is 0 Å². The summed E-state index contributed by atoms with van der Waals surface area (Å²) in [6, 6.07) is 2.89. The van der Waals surface area contributed by atoms with E-state index < -0.39 is 23.5 Å². The molecule has 1 N–H and O–H groups in total. The third-order valence-electron chi connectivity index (χ3n) is 2.05. The maximum absolute atomic E-state index is 12.6. The number of alkyl halides is 3. The average Bonchev–Trinajstić information content (AvgIpc) is 2.55. The third-order valence-corrected chi connectivity index (χ3v) is 2.69. The number of rotatable bonds is 1. The Morgan fingerprint density at radius 1 is 1.41 bits per heavy atom. The molecule has 17 heavy (non-hydrogen) atoms. The van der Waals surface area contributed by atoms with Crippen molar-refractivity contribution in [2.45, 2.75) is 6.18 Å². The van der Waals surface area contributed by atoms with Crippen LogP contribution in [0.4, 0.5) is 13.2 Å². The van der Waals surface area contributed by atoms with E-state index in [9.17, 15) is 18.0 Å². The standard InChI is InChI=1S/C9H4F3IN2O2/c10-9(11,12)7-6(8(16)17)15-3-4(13)1-2-5(15)14-7/h1-3H,(H,16,17). The molecule has 0 aliphatic carbocycles. The van der Waals surface area contributed by atoms with Crippen molar-refractivity contribution in [1.29, 1.82) is 0 Å². The summed E-state index contributed by atoms with van der Waals surface area (Å²) in [5.41, 5.74) is -2.30. The van der Waals surface area contributed by atoms with E-state index in [1.807, 2.05) is 22.6 Å². The molecule has 2 heterocycles. The SMILES string of the molecule is O=C(O)c1c(C(F)(F)F)nc2ccc(I)cn12. The number of imidazole rings is 1. The van der Waals surface area contributed by atoms with Crippen LogP contribution in [-0.4, -0.2) is 20.5 Å². The number of hydrogen-bond donors (Lipinski definition) is 1. The Balaban J connectivity index is 2.86. The maximum Gasteiger partial charge on any atom is 0.435 e. The number of aromatic carboxylic acids is 1. The summed E-state index contributed by atoms with van der Waals surface area (Å²) in [6.07, 6.45) is -3.49. The van der Waals surface area contributed by atoms with Gasteiger partial charge in [0.1, 0.15) is 5.65 Å². The summed E-state index contributed by atoms with van der Waals surface area (Å²) in [4.78, 5) is 14.2. The Morgan fingerprint density at radius 2 is 2.06 bits per heavy atom.